The van der Waals surface area contributed by atoms with Gasteiger partial charge in [0.1, 0.15) is 25.1 Å². The fraction of sp³-hybridized carbons (Fsp3) is 0.0625. The lowest BCUT2D eigenvalue weighted by Gasteiger charge is -2.13. The van der Waals surface area contributed by atoms with Crippen molar-refractivity contribution in [1.82, 2.24) is 19.6 Å². The summed E-state index contributed by atoms with van der Waals surface area (Å²) in [5.74, 6) is -3.56. The minimum atomic E-state index is -4.91. The normalized spacial score (nSPS) is 12.3. The van der Waals surface area contributed by atoms with Crippen LogP contribution in [0.1, 0.15) is 0 Å². The van der Waals surface area contributed by atoms with Crippen LogP contribution in [0, 0.1) is 15.3 Å². The summed E-state index contributed by atoms with van der Waals surface area (Å²) >= 11 is 3.26. The average molecular weight is 648 g/mol. The Balaban J connectivity index is 1.79. The van der Waals surface area contributed by atoms with Crippen LogP contribution in [0.4, 0.5) is 14.5 Å². The molecule has 0 radical (unpaired) electrons. The second-order valence-corrected chi connectivity index (χ2v) is 12.4. The molecule has 17 heteroatoms. The summed E-state index contributed by atoms with van der Waals surface area (Å²) in [5.41, 5.74) is 0.194. The zero-order valence-electron chi connectivity index (χ0n) is 16.0. The molecule has 0 unspecified atom stereocenters. The molecule has 174 valence electrons. The molecule has 3 heterocycles. The molecule has 4 aromatic rings. The highest BCUT2D eigenvalue weighted by Gasteiger charge is 2.30. The predicted molar refractivity (Wildman–Crippen MR) is 124 cm³/mol. The number of sulfonamides is 1. The maximum Gasteiger partial charge on any atom is 0.267 e. The summed E-state index contributed by atoms with van der Waals surface area (Å²) in [6, 6.07) is 2.39. The number of imidazole rings is 1. The Bertz CT molecular complexity index is 1620. The van der Waals surface area contributed by atoms with E-state index in [1.807, 2.05) is 22.6 Å². The molecule has 1 aromatic carbocycles. The van der Waals surface area contributed by atoms with Crippen molar-refractivity contribution in [2.75, 3.05) is 11.8 Å². The third-order valence-corrected chi connectivity index (χ3v) is 8.54. The highest BCUT2D eigenvalue weighted by Crippen LogP contribution is 2.34. The molecular weight excluding hydrogens is 639 g/mol. The molecule has 0 saturated heterocycles. The number of rotatable bonds is 6. The zero-order chi connectivity index (χ0) is 24.1. The van der Waals surface area contributed by atoms with Gasteiger partial charge in [0.2, 0.25) is 10.8 Å². The number of halogens is 4. The van der Waals surface area contributed by atoms with E-state index < -0.39 is 40.5 Å². The molecule has 3 aromatic heterocycles. The van der Waals surface area contributed by atoms with E-state index in [4.69, 9.17) is 15.4 Å². The summed E-state index contributed by atoms with van der Waals surface area (Å²) in [6.45, 7) is 0. The molecule has 0 aliphatic rings. The zero-order valence-corrected chi connectivity index (χ0v) is 21.3. The molecule has 0 bridgehead atoms. The summed E-state index contributed by atoms with van der Waals surface area (Å²) < 4.78 is 86.7. The predicted octanol–water partition coefficient (Wildman–Crippen LogP) is 3.47. The van der Waals surface area contributed by atoms with E-state index in [-0.39, 0.29) is 11.6 Å². The number of nitrogens with zero attached hydrogens (tertiary/aromatic N) is 4. The largest absolute Gasteiger partial charge is 0.480 e. The van der Waals surface area contributed by atoms with Gasteiger partial charge in [0, 0.05) is 22.4 Å². The van der Waals surface area contributed by atoms with E-state index in [2.05, 4.69) is 19.8 Å². The fourth-order valence-corrected chi connectivity index (χ4v) is 6.47. The van der Waals surface area contributed by atoms with Gasteiger partial charge in [-0.25, -0.2) is 35.6 Å². The van der Waals surface area contributed by atoms with Crippen molar-refractivity contribution in [3.05, 3.63) is 45.9 Å². The molecular formula is C16H9ClF2IN5O5S3. The first-order chi connectivity index (χ1) is 15.4. The topological polar surface area (TPSA) is 133 Å². The molecule has 0 aliphatic carbocycles. The van der Waals surface area contributed by atoms with Crippen molar-refractivity contribution in [3.8, 4) is 16.5 Å². The number of pyridine rings is 1. The van der Waals surface area contributed by atoms with Gasteiger partial charge in [-0.1, -0.05) is 11.3 Å². The third kappa shape index (κ3) is 4.48. The van der Waals surface area contributed by atoms with Crippen LogP contribution in [0.5, 0.6) is 5.88 Å². The monoisotopic (exact) mass is 647 g/mol. The number of hydrogen-bond acceptors (Lipinski definition) is 9. The third-order valence-electron chi connectivity index (χ3n) is 4.13. The molecule has 0 fully saturated rings. The fourth-order valence-electron chi connectivity index (χ4n) is 2.73. The van der Waals surface area contributed by atoms with E-state index in [9.17, 15) is 25.6 Å². The van der Waals surface area contributed by atoms with Crippen LogP contribution >= 0.6 is 44.6 Å². The Morgan fingerprint density at radius 3 is 2.55 bits per heavy atom. The molecule has 4 rings (SSSR count). The Hall–Kier alpha value is -2.15. The van der Waals surface area contributed by atoms with Gasteiger partial charge in [0.05, 0.1) is 13.3 Å². The summed E-state index contributed by atoms with van der Waals surface area (Å²) in [7, 11) is -3.39. The number of hydrogen-bond donors (Lipinski definition) is 1. The maximum absolute atomic E-state index is 14.7. The minimum absolute atomic E-state index is 0.161. The second kappa shape index (κ2) is 8.57. The van der Waals surface area contributed by atoms with Crippen LogP contribution in [-0.4, -0.2) is 43.5 Å². The van der Waals surface area contributed by atoms with Crippen molar-refractivity contribution >= 4 is 74.3 Å². The van der Waals surface area contributed by atoms with Crippen molar-refractivity contribution in [3.63, 3.8) is 0 Å². The van der Waals surface area contributed by atoms with Crippen molar-refractivity contribution in [2.45, 2.75) is 9.79 Å². The number of anilines is 1. The first-order valence-electron chi connectivity index (χ1n) is 8.42. The van der Waals surface area contributed by atoms with E-state index in [1.165, 1.54) is 30.7 Å². The Morgan fingerprint density at radius 1 is 1.18 bits per heavy atom. The molecule has 0 amide bonds. The Kier molecular flexibility index (Phi) is 6.23. The van der Waals surface area contributed by atoms with E-state index in [0.29, 0.717) is 27.7 Å². The van der Waals surface area contributed by atoms with E-state index in [1.54, 1.807) is 10.7 Å². The van der Waals surface area contributed by atoms with Crippen LogP contribution in [0.15, 0.2) is 40.4 Å². The molecule has 0 saturated carbocycles. The number of ether oxygens (including phenoxy) is 1. The van der Waals surface area contributed by atoms with Gasteiger partial charge >= 0.3 is 0 Å². The SMILES string of the molecule is COc1ncc(-c2nn3c(I)cnc3s2)cc1NS(=O)(=O)c1ccc(F)c(S(=O)(=O)Cl)c1F. The first kappa shape index (κ1) is 24.0. The lowest BCUT2D eigenvalue weighted by atomic mass is 10.3. The smallest absolute Gasteiger partial charge is 0.267 e. The molecule has 0 spiro atoms. The van der Waals surface area contributed by atoms with Crippen LogP contribution in [0.2, 0.25) is 0 Å². The molecule has 1 N–H and O–H groups in total. The van der Waals surface area contributed by atoms with Crippen LogP contribution in [0.25, 0.3) is 15.5 Å². The van der Waals surface area contributed by atoms with Crippen LogP contribution < -0.4 is 9.46 Å². The number of fused-ring (bicyclic) bond motifs is 1. The lowest BCUT2D eigenvalue weighted by Crippen LogP contribution is -2.17. The van der Waals surface area contributed by atoms with Crippen LogP contribution in [-0.2, 0) is 19.1 Å². The second-order valence-electron chi connectivity index (χ2n) is 6.20. The Morgan fingerprint density at radius 2 is 1.91 bits per heavy atom. The standard InChI is InChI=1S/C16H9ClF2IN5O5S3/c1-30-14-9(4-7(5-21-14)15-23-25-11(20)6-22-16(25)31-15)24-33(28,29)10-3-2-8(18)13(12(10)19)32(17,26)27/h2-6,24H,1H3. The van der Waals surface area contributed by atoms with Gasteiger partial charge in [-0.05, 0) is 40.8 Å². The number of benzene rings is 1. The van der Waals surface area contributed by atoms with Crippen molar-refractivity contribution < 1.29 is 30.4 Å². The van der Waals surface area contributed by atoms with Gasteiger partial charge in [-0.3, -0.25) is 4.72 Å². The highest BCUT2D eigenvalue weighted by molar-refractivity contribution is 14.1. The van der Waals surface area contributed by atoms with Gasteiger partial charge in [0.25, 0.3) is 19.1 Å². The summed E-state index contributed by atoms with van der Waals surface area (Å²) in [5, 5.41) is 4.83. The summed E-state index contributed by atoms with van der Waals surface area (Å²) in [4.78, 5) is 6.10. The minimum Gasteiger partial charge on any atom is -0.480 e. The first-order valence-corrected chi connectivity index (χ1v) is 14.1. The van der Waals surface area contributed by atoms with Gasteiger partial charge in [-0.15, -0.1) is 0 Å². The number of aromatic nitrogens is 4. The van der Waals surface area contributed by atoms with E-state index in [0.717, 1.165) is 3.70 Å². The number of methoxy groups -OCH3 is 1. The average Bonchev–Trinajstić information content (AvgIpc) is 3.28. The van der Waals surface area contributed by atoms with Gasteiger partial charge in [0.15, 0.2) is 10.7 Å². The molecule has 33 heavy (non-hydrogen) atoms. The molecule has 0 aliphatic heterocycles. The van der Waals surface area contributed by atoms with E-state index >= 15 is 0 Å². The van der Waals surface area contributed by atoms with Crippen molar-refractivity contribution in [2.24, 2.45) is 0 Å². The number of nitrogens with one attached hydrogen (secondary N) is 1. The summed E-state index contributed by atoms with van der Waals surface area (Å²) in [6.07, 6.45) is 3.01. The highest BCUT2D eigenvalue weighted by atomic mass is 127. The van der Waals surface area contributed by atoms with Gasteiger partial charge in [-0.2, -0.15) is 9.61 Å². The van der Waals surface area contributed by atoms with Crippen LogP contribution in [0.3, 0.4) is 0 Å². The lowest BCUT2D eigenvalue weighted by molar-refractivity contribution is 0.400. The Labute approximate surface area is 207 Å². The molecule has 10 nitrogen and oxygen atoms in total. The van der Waals surface area contributed by atoms with Crippen molar-refractivity contribution in [1.29, 1.82) is 0 Å². The van der Waals surface area contributed by atoms with Gasteiger partial charge < -0.3 is 4.74 Å². The maximum atomic E-state index is 14.7. The quantitative estimate of drug-likeness (QED) is 0.249. The molecule has 0 atom stereocenters.